The second kappa shape index (κ2) is 5.83. The van der Waals surface area contributed by atoms with Gasteiger partial charge in [-0.1, -0.05) is 41.9 Å². The highest BCUT2D eigenvalue weighted by Crippen LogP contribution is 2.30. The van der Waals surface area contributed by atoms with E-state index >= 15 is 0 Å². The van der Waals surface area contributed by atoms with E-state index in [2.05, 4.69) is 9.69 Å². The summed E-state index contributed by atoms with van der Waals surface area (Å²) < 4.78 is 3.91. The van der Waals surface area contributed by atoms with Crippen molar-refractivity contribution in [3.05, 3.63) is 46.6 Å². The van der Waals surface area contributed by atoms with Crippen LogP contribution in [0.1, 0.15) is 17.2 Å². The molecule has 2 aromatic rings. The van der Waals surface area contributed by atoms with Crippen LogP contribution in [-0.4, -0.2) is 16.1 Å². The molecule has 1 aromatic heterocycles. The number of nitrogens with zero attached hydrogens (tertiary/aromatic N) is 2. The predicted octanol–water partition coefficient (Wildman–Crippen LogP) is 2.81. The molecule has 92 valence electrons. The third kappa shape index (κ3) is 2.62. The number of halogens is 1. The van der Waals surface area contributed by atoms with E-state index in [0.29, 0.717) is 10.6 Å². The van der Waals surface area contributed by atoms with E-state index < -0.39 is 0 Å². The monoisotopic (exact) mass is 279 g/mol. The van der Waals surface area contributed by atoms with E-state index in [-0.39, 0.29) is 17.8 Å². The molecule has 0 spiro atoms. The fourth-order valence-electron chi connectivity index (χ4n) is 1.54. The minimum Gasteiger partial charge on any atom is -0.394 e. The van der Waals surface area contributed by atoms with E-state index in [9.17, 15) is 5.11 Å². The number of rotatable bonds is 4. The summed E-state index contributed by atoms with van der Waals surface area (Å²) >= 11 is 6.90. The molecule has 0 aliphatic heterocycles. The Morgan fingerprint density at radius 2 is 2.17 bits per heavy atom. The lowest BCUT2D eigenvalue weighted by Crippen LogP contribution is -2.14. The Morgan fingerprint density at radius 1 is 1.44 bits per heavy atom. The average Bonchev–Trinajstić information content (AvgIpc) is 2.77. The molecular weight excluding hydrogens is 270 g/mol. The van der Waals surface area contributed by atoms with Crippen LogP contribution in [-0.2, 0) is 0 Å². The molecule has 18 heavy (non-hydrogen) atoms. The van der Waals surface area contributed by atoms with E-state index in [1.807, 2.05) is 36.4 Å². The highest BCUT2D eigenvalue weighted by atomic mass is 35.5. The summed E-state index contributed by atoms with van der Waals surface area (Å²) in [6.07, 6.45) is 0. The van der Waals surface area contributed by atoms with Gasteiger partial charge in [-0.25, -0.2) is 0 Å². The average molecular weight is 280 g/mol. The first-order chi connectivity index (χ1) is 8.76. The van der Waals surface area contributed by atoms with Crippen LogP contribution in [0.15, 0.2) is 30.3 Å². The maximum atomic E-state index is 9.42. The Balaban J connectivity index is 2.24. The fourth-order valence-corrected chi connectivity index (χ4v) is 2.53. The van der Waals surface area contributed by atoms with Gasteiger partial charge in [-0.05, 0) is 17.1 Å². The first-order valence-electron chi connectivity index (χ1n) is 5.24. The zero-order valence-electron chi connectivity index (χ0n) is 9.30. The van der Waals surface area contributed by atoms with Gasteiger partial charge in [0.25, 0.3) is 0 Å². The van der Waals surface area contributed by atoms with Crippen molar-refractivity contribution in [3.8, 4) is 6.07 Å². The van der Waals surface area contributed by atoms with Gasteiger partial charge in [-0.15, -0.1) is 0 Å². The third-order valence-corrected chi connectivity index (χ3v) is 3.60. The van der Waals surface area contributed by atoms with Crippen molar-refractivity contribution >= 4 is 28.1 Å². The summed E-state index contributed by atoms with van der Waals surface area (Å²) in [4.78, 5) is 0. The lowest BCUT2D eigenvalue weighted by molar-refractivity contribution is 0.276. The molecule has 1 heterocycles. The van der Waals surface area contributed by atoms with Crippen molar-refractivity contribution < 1.29 is 5.11 Å². The number of benzene rings is 1. The predicted molar refractivity (Wildman–Crippen MR) is 71.7 cm³/mol. The van der Waals surface area contributed by atoms with Crippen LogP contribution >= 0.6 is 23.1 Å². The third-order valence-electron chi connectivity index (χ3n) is 2.45. The van der Waals surface area contributed by atoms with Gasteiger partial charge in [0.15, 0.2) is 5.15 Å². The molecule has 0 saturated heterocycles. The number of nitrogens with one attached hydrogen (secondary N) is 1. The summed E-state index contributed by atoms with van der Waals surface area (Å²) in [5, 5.41) is 22.2. The quantitative estimate of drug-likeness (QED) is 0.903. The standard InChI is InChI=1S/C12H10ClN3OS/c13-11-9(6-14)12(18-16-11)15-10(7-17)8-4-2-1-3-5-8/h1-5,10,15,17H,7H2. The molecule has 0 aliphatic carbocycles. The highest BCUT2D eigenvalue weighted by Gasteiger charge is 2.16. The first kappa shape index (κ1) is 12.8. The van der Waals surface area contributed by atoms with Crippen LogP contribution in [0.25, 0.3) is 0 Å². The van der Waals surface area contributed by atoms with Crippen LogP contribution in [0.4, 0.5) is 5.00 Å². The summed E-state index contributed by atoms with van der Waals surface area (Å²) in [5.74, 6) is 0. The molecule has 0 radical (unpaired) electrons. The number of aromatic nitrogens is 1. The van der Waals surface area contributed by atoms with Crippen LogP contribution in [0.5, 0.6) is 0 Å². The van der Waals surface area contributed by atoms with Gasteiger partial charge in [0.1, 0.15) is 16.6 Å². The van der Waals surface area contributed by atoms with Crippen molar-refractivity contribution in [1.29, 1.82) is 5.26 Å². The number of aliphatic hydroxyl groups excluding tert-OH is 1. The molecule has 1 unspecified atom stereocenters. The van der Waals surface area contributed by atoms with Gasteiger partial charge in [0.2, 0.25) is 0 Å². The Labute approximate surface area is 114 Å². The normalized spacial score (nSPS) is 11.8. The van der Waals surface area contributed by atoms with Gasteiger partial charge in [0, 0.05) is 0 Å². The van der Waals surface area contributed by atoms with Crippen molar-refractivity contribution in [2.75, 3.05) is 11.9 Å². The Bertz CT molecular complexity index is 564. The topological polar surface area (TPSA) is 68.9 Å². The van der Waals surface area contributed by atoms with Crippen molar-refractivity contribution in [2.45, 2.75) is 6.04 Å². The van der Waals surface area contributed by atoms with E-state index in [1.54, 1.807) is 0 Å². The van der Waals surface area contributed by atoms with Crippen LogP contribution < -0.4 is 5.32 Å². The molecule has 0 aliphatic rings. The first-order valence-corrected chi connectivity index (χ1v) is 6.39. The summed E-state index contributed by atoms with van der Waals surface area (Å²) in [6.45, 7) is -0.0790. The van der Waals surface area contributed by atoms with E-state index in [1.165, 1.54) is 0 Å². The molecular formula is C12H10ClN3OS. The van der Waals surface area contributed by atoms with Crippen molar-refractivity contribution in [3.63, 3.8) is 0 Å². The van der Waals surface area contributed by atoms with Crippen molar-refractivity contribution in [2.24, 2.45) is 0 Å². The van der Waals surface area contributed by atoms with Gasteiger partial charge >= 0.3 is 0 Å². The number of aliphatic hydroxyl groups is 1. The van der Waals surface area contributed by atoms with E-state index in [4.69, 9.17) is 16.9 Å². The van der Waals surface area contributed by atoms with Crippen LogP contribution in [0.2, 0.25) is 5.15 Å². The second-order valence-electron chi connectivity index (χ2n) is 3.58. The molecule has 0 saturated carbocycles. The van der Waals surface area contributed by atoms with E-state index in [0.717, 1.165) is 17.1 Å². The largest absolute Gasteiger partial charge is 0.394 e. The van der Waals surface area contributed by atoms with Crippen molar-refractivity contribution in [1.82, 2.24) is 4.37 Å². The maximum Gasteiger partial charge on any atom is 0.162 e. The number of hydrogen-bond donors (Lipinski definition) is 2. The minimum atomic E-state index is -0.283. The maximum absolute atomic E-state index is 9.42. The Hall–Kier alpha value is -1.61. The molecule has 2 rings (SSSR count). The number of anilines is 1. The van der Waals surface area contributed by atoms with Gasteiger partial charge in [0.05, 0.1) is 12.6 Å². The number of nitriles is 1. The molecule has 0 bridgehead atoms. The van der Waals surface area contributed by atoms with Gasteiger partial charge in [-0.2, -0.15) is 9.64 Å². The molecule has 6 heteroatoms. The highest BCUT2D eigenvalue weighted by molar-refractivity contribution is 7.10. The van der Waals surface area contributed by atoms with Crippen LogP contribution in [0.3, 0.4) is 0 Å². The number of hydrogen-bond acceptors (Lipinski definition) is 5. The lowest BCUT2D eigenvalue weighted by Gasteiger charge is -2.16. The smallest absolute Gasteiger partial charge is 0.162 e. The lowest BCUT2D eigenvalue weighted by atomic mass is 10.1. The Morgan fingerprint density at radius 3 is 2.78 bits per heavy atom. The zero-order valence-corrected chi connectivity index (χ0v) is 10.9. The minimum absolute atomic E-state index is 0.0790. The summed E-state index contributed by atoms with van der Waals surface area (Å²) in [7, 11) is 0. The van der Waals surface area contributed by atoms with Gasteiger partial charge < -0.3 is 10.4 Å². The summed E-state index contributed by atoms with van der Waals surface area (Å²) in [5.41, 5.74) is 1.25. The summed E-state index contributed by atoms with van der Waals surface area (Å²) in [6, 6.07) is 11.2. The molecule has 0 amide bonds. The molecule has 1 atom stereocenters. The Kier molecular flexibility index (Phi) is 4.15. The van der Waals surface area contributed by atoms with Crippen LogP contribution in [0, 0.1) is 11.3 Å². The second-order valence-corrected chi connectivity index (χ2v) is 4.71. The molecule has 2 N–H and O–H groups in total. The SMILES string of the molecule is N#Cc1c(Cl)nsc1NC(CO)c1ccccc1. The molecule has 4 nitrogen and oxygen atoms in total. The fraction of sp³-hybridized carbons (Fsp3) is 0.167. The zero-order chi connectivity index (χ0) is 13.0. The molecule has 0 fully saturated rings. The van der Waals surface area contributed by atoms with Gasteiger partial charge in [-0.3, -0.25) is 0 Å². The molecule has 1 aromatic carbocycles.